The van der Waals surface area contributed by atoms with Gasteiger partial charge in [0.25, 0.3) is 0 Å². The Hall–Kier alpha value is -2.19. The second-order valence-electron chi connectivity index (χ2n) is 6.23. The summed E-state index contributed by atoms with van der Waals surface area (Å²) in [4.78, 5) is 12.2. The number of nitrogens with one attached hydrogen (secondary N) is 2. The van der Waals surface area contributed by atoms with Crippen LogP contribution in [0, 0.1) is 0 Å². The molecule has 1 fully saturated rings. The first kappa shape index (κ1) is 18.6. The molecule has 2 N–H and O–H groups in total. The van der Waals surface area contributed by atoms with Crippen molar-refractivity contribution in [2.75, 3.05) is 31.0 Å². The molecule has 0 bridgehead atoms. The Labute approximate surface area is 157 Å². The molecule has 1 heterocycles. The third-order valence-corrected chi connectivity index (χ3v) is 5.26. The van der Waals surface area contributed by atoms with Gasteiger partial charge < -0.3 is 14.8 Å². The van der Waals surface area contributed by atoms with E-state index in [1.165, 1.54) is 30.6 Å². The number of ether oxygens (including phenoxy) is 2. The number of hydrogen-bond acceptors (Lipinski definition) is 6. The molecule has 8 heteroatoms. The van der Waals surface area contributed by atoms with Crippen LogP contribution in [-0.4, -0.2) is 36.6 Å². The van der Waals surface area contributed by atoms with E-state index in [9.17, 15) is 4.79 Å². The molecule has 2 aromatic rings. The van der Waals surface area contributed by atoms with Crippen LogP contribution in [0.4, 0.5) is 15.6 Å². The zero-order chi connectivity index (χ0) is 18.2. The van der Waals surface area contributed by atoms with Crippen LogP contribution in [0.15, 0.2) is 24.3 Å². The maximum Gasteiger partial charge on any atom is 0.325 e. The Morgan fingerprint density at radius 3 is 2.85 bits per heavy atom. The molecule has 0 unspecified atom stereocenters. The summed E-state index contributed by atoms with van der Waals surface area (Å²) in [6, 6.07) is 6.88. The lowest BCUT2D eigenvalue weighted by atomic mass is 9.90. The van der Waals surface area contributed by atoms with Gasteiger partial charge in [0.1, 0.15) is 17.4 Å². The molecule has 140 valence electrons. The highest BCUT2D eigenvalue weighted by Crippen LogP contribution is 2.35. The first-order chi connectivity index (χ1) is 12.7. The Bertz CT molecular complexity index is 716. The summed E-state index contributed by atoms with van der Waals surface area (Å²) in [6.07, 6.45) is 6.12. The van der Waals surface area contributed by atoms with E-state index < -0.39 is 0 Å². The molecular weight excluding hydrogens is 352 g/mol. The minimum Gasteiger partial charge on any atom is -0.491 e. The minimum atomic E-state index is -0.342. The van der Waals surface area contributed by atoms with Crippen LogP contribution < -0.4 is 15.4 Å². The number of methoxy groups -OCH3 is 1. The predicted octanol–water partition coefficient (Wildman–Crippen LogP) is 4.26. The third kappa shape index (κ3) is 5.40. The minimum absolute atomic E-state index is 0.342. The largest absolute Gasteiger partial charge is 0.491 e. The Balaban J connectivity index is 1.52. The average molecular weight is 376 g/mol. The number of carbonyl (C=O) groups is 1. The Morgan fingerprint density at radius 2 is 2.04 bits per heavy atom. The van der Waals surface area contributed by atoms with Gasteiger partial charge in [0.2, 0.25) is 5.13 Å². The van der Waals surface area contributed by atoms with Crippen LogP contribution in [0.5, 0.6) is 5.75 Å². The van der Waals surface area contributed by atoms with E-state index in [1.807, 2.05) is 12.1 Å². The molecule has 0 radical (unpaired) electrons. The van der Waals surface area contributed by atoms with Crippen molar-refractivity contribution in [3.05, 3.63) is 29.3 Å². The van der Waals surface area contributed by atoms with Crippen molar-refractivity contribution < 1.29 is 14.3 Å². The Morgan fingerprint density at radius 1 is 1.19 bits per heavy atom. The maximum absolute atomic E-state index is 12.2. The highest BCUT2D eigenvalue weighted by Gasteiger charge is 2.20. The molecule has 1 aromatic heterocycles. The van der Waals surface area contributed by atoms with Gasteiger partial charge in [-0.05, 0) is 25.0 Å². The van der Waals surface area contributed by atoms with Crippen molar-refractivity contribution in [1.29, 1.82) is 0 Å². The van der Waals surface area contributed by atoms with Gasteiger partial charge in [-0.2, -0.15) is 0 Å². The van der Waals surface area contributed by atoms with E-state index in [0.717, 1.165) is 17.8 Å². The standard InChI is InChI=1S/C18H24N4O3S/c1-24-10-11-25-15-9-5-8-14(12-15)19-17(23)20-18-22-21-16(26-18)13-6-3-2-4-7-13/h5,8-9,12-13H,2-4,6-7,10-11H2,1H3,(H2,19,20,22,23). The third-order valence-electron chi connectivity index (χ3n) is 4.26. The highest BCUT2D eigenvalue weighted by molar-refractivity contribution is 7.15. The molecule has 2 amide bonds. The van der Waals surface area contributed by atoms with E-state index in [-0.39, 0.29) is 6.03 Å². The smallest absolute Gasteiger partial charge is 0.325 e. The molecular formula is C18H24N4O3S. The van der Waals surface area contributed by atoms with Crippen LogP contribution in [0.3, 0.4) is 0 Å². The normalized spacial score (nSPS) is 14.8. The van der Waals surface area contributed by atoms with Crippen LogP contribution >= 0.6 is 11.3 Å². The van der Waals surface area contributed by atoms with E-state index in [4.69, 9.17) is 9.47 Å². The molecule has 1 saturated carbocycles. The van der Waals surface area contributed by atoms with Gasteiger partial charge in [-0.15, -0.1) is 10.2 Å². The highest BCUT2D eigenvalue weighted by atomic mass is 32.1. The van der Waals surface area contributed by atoms with Gasteiger partial charge in [-0.25, -0.2) is 4.79 Å². The van der Waals surface area contributed by atoms with Crippen molar-refractivity contribution in [3.63, 3.8) is 0 Å². The van der Waals surface area contributed by atoms with Crippen LogP contribution in [0.1, 0.15) is 43.0 Å². The van der Waals surface area contributed by atoms with Gasteiger partial charge in [0, 0.05) is 24.8 Å². The number of nitrogens with zero attached hydrogens (tertiary/aromatic N) is 2. The lowest BCUT2D eigenvalue weighted by Gasteiger charge is -2.18. The van der Waals surface area contributed by atoms with E-state index >= 15 is 0 Å². The second-order valence-corrected chi connectivity index (χ2v) is 7.24. The fourth-order valence-corrected chi connectivity index (χ4v) is 3.87. The number of aromatic nitrogens is 2. The number of anilines is 2. The summed E-state index contributed by atoms with van der Waals surface area (Å²) in [5.74, 6) is 1.16. The van der Waals surface area contributed by atoms with Gasteiger partial charge in [0.15, 0.2) is 0 Å². The van der Waals surface area contributed by atoms with Crippen molar-refractivity contribution in [3.8, 4) is 5.75 Å². The van der Waals surface area contributed by atoms with Crippen molar-refractivity contribution in [2.24, 2.45) is 0 Å². The monoisotopic (exact) mass is 376 g/mol. The summed E-state index contributed by atoms with van der Waals surface area (Å²) in [5.41, 5.74) is 0.648. The predicted molar refractivity (Wildman–Crippen MR) is 102 cm³/mol. The van der Waals surface area contributed by atoms with Crippen molar-refractivity contribution >= 4 is 28.2 Å². The van der Waals surface area contributed by atoms with Crippen LogP contribution in [-0.2, 0) is 4.74 Å². The Kier molecular flexibility index (Phi) is 6.79. The van der Waals surface area contributed by atoms with Gasteiger partial charge >= 0.3 is 6.03 Å². The SMILES string of the molecule is COCCOc1cccc(NC(=O)Nc2nnc(C3CCCCC3)s2)c1. The summed E-state index contributed by atoms with van der Waals surface area (Å²) in [5, 5.41) is 15.4. The molecule has 26 heavy (non-hydrogen) atoms. The summed E-state index contributed by atoms with van der Waals surface area (Å²) in [6.45, 7) is 0.972. The number of amides is 2. The van der Waals surface area contributed by atoms with E-state index in [0.29, 0.717) is 35.7 Å². The molecule has 7 nitrogen and oxygen atoms in total. The fraction of sp³-hybridized carbons (Fsp3) is 0.500. The van der Waals surface area contributed by atoms with Crippen LogP contribution in [0.25, 0.3) is 0 Å². The lowest BCUT2D eigenvalue weighted by Crippen LogP contribution is -2.19. The molecule has 0 spiro atoms. The van der Waals surface area contributed by atoms with Gasteiger partial charge in [-0.1, -0.05) is 36.7 Å². The first-order valence-corrected chi connectivity index (χ1v) is 9.69. The number of rotatable bonds is 7. The number of benzene rings is 1. The zero-order valence-corrected chi connectivity index (χ0v) is 15.7. The molecule has 1 aliphatic carbocycles. The molecule has 3 rings (SSSR count). The van der Waals surface area contributed by atoms with Crippen LogP contribution in [0.2, 0.25) is 0 Å². The average Bonchev–Trinajstić information content (AvgIpc) is 3.11. The van der Waals surface area contributed by atoms with E-state index in [2.05, 4.69) is 20.8 Å². The number of carbonyl (C=O) groups excluding carboxylic acids is 1. The fourth-order valence-electron chi connectivity index (χ4n) is 2.97. The summed E-state index contributed by atoms with van der Waals surface area (Å²) >= 11 is 1.46. The van der Waals surface area contributed by atoms with Crippen molar-refractivity contribution in [1.82, 2.24) is 10.2 Å². The number of urea groups is 1. The quantitative estimate of drug-likeness (QED) is 0.706. The maximum atomic E-state index is 12.2. The van der Waals surface area contributed by atoms with Gasteiger partial charge in [0.05, 0.1) is 6.61 Å². The molecule has 1 aromatic carbocycles. The summed E-state index contributed by atoms with van der Waals surface area (Å²) in [7, 11) is 1.62. The van der Waals surface area contributed by atoms with Gasteiger partial charge in [-0.3, -0.25) is 5.32 Å². The van der Waals surface area contributed by atoms with Crippen molar-refractivity contribution in [2.45, 2.75) is 38.0 Å². The zero-order valence-electron chi connectivity index (χ0n) is 14.9. The second kappa shape index (κ2) is 9.49. The molecule has 0 atom stereocenters. The summed E-state index contributed by atoms with van der Waals surface area (Å²) < 4.78 is 10.5. The number of hydrogen-bond donors (Lipinski definition) is 2. The molecule has 1 aliphatic rings. The first-order valence-electron chi connectivity index (χ1n) is 8.88. The lowest BCUT2D eigenvalue weighted by molar-refractivity contribution is 0.146. The van der Waals surface area contributed by atoms with E-state index in [1.54, 1.807) is 19.2 Å². The topological polar surface area (TPSA) is 85.4 Å². The molecule has 0 aliphatic heterocycles. The molecule has 0 saturated heterocycles.